The van der Waals surface area contributed by atoms with E-state index in [0.717, 1.165) is 32.1 Å². The monoisotopic (exact) mass is 683 g/mol. The van der Waals surface area contributed by atoms with Gasteiger partial charge in [0.2, 0.25) is 0 Å². The number of carboxylic acids is 1. The molecule has 0 aliphatic carbocycles. The number of carbonyl (C=O) groups excluding carboxylic acids is 2. The van der Waals surface area contributed by atoms with Gasteiger partial charge in [0.15, 0.2) is 0 Å². The first-order chi connectivity index (χ1) is 23.5. The summed E-state index contributed by atoms with van der Waals surface area (Å²) in [7, 11) is 0. The summed E-state index contributed by atoms with van der Waals surface area (Å²) in [4.78, 5) is 35.6. The number of alkyl carbamates (subject to hydrolysis) is 2. The van der Waals surface area contributed by atoms with Crippen molar-refractivity contribution in [2.75, 3.05) is 19.8 Å². The lowest BCUT2D eigenvalue weighted by molar-refractivity contribution is -0.139. The summed E-state index contributed by atoms with van der Waals surface area (Å²) in [5.74, 6) is -1.08. The molecule has 0 spiro atoms. The van der Waals surface area contributed by atoms with Crippen molar-refractivity contribution in [1.29, 1.82) is 0 Å². The van der Waals surface area contributed by atoms with Crippen LogP contribution in [0.2, 0.25) is 0 Å². The molecule has 0 aromatic rings. The summed E-state index contributed by atoms with van der Waals surface area (Å²) in [6.45, 7) is 5.66. The summed E-state index contributed by atoms with van der Waals surface area (Å²) in [5, 5.41) is 14.7. The first kappa shape index (κ1) is 46.0. The average molecular weight is 683 g/mol. The zero-order chi connectivity index (χ0) is 35.2. The van der Waals surface area contributed by atoms with E-state index in [4.69, 9.17) is 9.47 Å². The number of carbonyl (C=O) groups is 3. The Labute approximate surface area is 296 Å². The van der Waals surface area contributed by atoms with E-state index in [2.05, 4.69) is 24.5 Å². The Morgan fingerprint density at radius 2 is 0.792 bits per heavy atom. The van der Waals surface area contributed by atoms with E-state index < -0.39 is 24.2 Å². The van der Waals surface area contributed by atoms with Crippen LogP contribution in [0.4, 0.5) is 9.59 Å². The molecule has 3 N–H and O–H groups in total. The molecule has 0 aromatic heterocycles. The number of rotatable bonds is 37. The maximum atomic E-state index is 12.1. The molecule has 0 aliphatic rings. The van der Waals surface area contributed by atoms with E-state index >= 15 is 0 Å². The molecule has 0 saturated carbocycles. The molecule has 0 rings (SSSR count). The van der Waals surface area contributed by atoms with Crippen molar-refractivity contribution >= 4 is 18.2 Å². The van der Waals surface area contributed by atoms with Crippen molar-refractivity contribution in [1.82, 2.24) is 10.6 Å². The normalized spacial score (nSPS) is 11.7. The largest absolute Gasteiger partial charge is 0.480 e. The molecular weight excluding hydrogens is 604 g/mol. The third-order valence-electron chi connectivity index (χ3n) is 9.24. The molecule has 0 bridgehead atoms. The van der Waals surface area contributed by atoms with E-state index in [-0.39, 0.29) is 6.42 Å². The van der Waals surface area contributed by atoms with Gasteiger partial charge in [-0.2, -0.15) is 0 Å². The van der Waals surface area contributed by atoms with Gasteiger partial charge in [0.1, 0.15) is 6.04 Å². The molecule has 0 unspecified atom stereocenters. The molecule has 1 atom stereocenters. The quantitative estimate of drug-likeness (QED) is 0.0562. The summed E-state index contributed by atoms with van der Waals surface area (Å²) in [5.41, 5.74) is 0. The molecule has 284 valence electrons. The van der Waals surface area contributed by atoms with Crippen LogP contribution in [-0.2, 0) is 14.3 Å². The Bertz CT molecular complexity index is 720. The van der Waals surface area contributed by atoms with Crippen LogP contribution >= 0.6 is 0 Å². The minimum atomic E-state index is -1.08. The van der Waals surface area contributed by atoms with Gasteiger partial charge in [-0.3, -0.25) is 0 Å². The minimum Gasteiger partial charge on any atom is -0.480 e. The highest BCUT2D eigenvalue weighted by molar-refractivity contribution is 5.79. The number of ether oxygens (including phenoxy) is 2. The summed E-state index contributed by atoms with van der Waals surface area (Å²) < 4.78 is 10.5. The fourth-order valence-corrected chi connectivity index (χ4v) is 6.08. The average Bonchev–Trinajstić information content (AvgIpc) is 3.07. The third-order valence-corrected chi connectivity index (χ3v) is 9.24. The van der Waals surface area contributed by atoms with Gasteiger partial charge in [0.25, 0.3) is 0 Å². The van der Waals surface area contributed by atoms with E-state index in [1.54, 1.807) is 0 Å². The van der Waals surface area contributed by atoms with Crippen LogP contribution in [0.5, 0.6) is 0 Å². The fourth-order valence-electron chi connectivity index (χ4n) is 6.08. The summed E-state index contributed by atoms with van der Waals surface area (Å²) in [6.07, 6.45) is 36.1. The standard InChI is InChI=1S/C40H78N2O6/c1-3-5-7-9-11-13-15-17-19-21-23-25-27-31-35-47-39(45)41-34-30-29-33-37(38(43)44)42-40(46)48-36-32-28-26-24-22-20-18-16-14-12-10-8-6-4-2/h37H,3-36H2,1-2H3,(H,41,45)(H,42,46)(H,43,44)/t37-/m0/s1. The number of aliphatic carboxylic acids is 1. The zero-order valence-corrected chi connectivity index (χ0v) is 31.6. The van der Waals surface area contributed by atoms with Crippen LogP contribution in [0, 0.1) is 0 Å². The second kappa shape index (κ2) is 37.8. The third kappa shape index (κ3) is 35.3. The molecule has 0 aliphatic heterocycles. The summed E-state index contributed by atoms with van der Waals surface area (Å²) in [6, 6.07) is -0.999. The number of amides is 2. The Hall–Kier alpha value is -1.99. The predicted molar refractivity (Wildman–Crippen MR) is 200 cm³/mol. The lowest BCUT2D eigenvalue weighted by Gasteiger charge is -2.14. The number of hydrogen-bond acceptors (Lipinski definition) is 5. The highest BCUT2D eigenvalue weighted by atomic mass is 16.6. The predicted octanol–water partition coefficient (Wildman–Crippen LogP) is 12.0. The van der Waals surface area contributed by atoms with Crippen molar-refractivity contribution in [2.45, 2.75) is 219 Å². The zero-order valence-electron chi connectivity index (χ0n) is 31.6. The number of nitrogens with one attached hydrogen (secondary N) is 2. The van der Waals surface area contributed by atoms with Gasteiger partial charge in [-0.25, -0.2) is 14.4 Å². The van der Waals surface area contributed by atoms with Gasteiger partial charge in [-0.1, -0.05) is 181 Å². The van der Waals surface area contributed by atoms with Crippen LogP contribution in [0.25, 0.3) is 0 Å². The van der Waals surface area contributed by atoms with Gasteiger partial charge >= 0.3 is 18.2 Å². The highest BCUT2D eigenvalue weighted by Crippen LogP contribution is 2.14. The Morgan fingerprint density at radius 1 is 0.458 bits per heavy atom. The van der Waals surface area contributed by atoms with Crippen LogP contribution in [0.1, 0.15) is 213 Å². The molecule has 0 radical (unpaired) electrons. The first-order valence-corrected chi connectivity index (χ1v) is 20.6. The Kier molecular flexibility index (Phi) is 36.3. The topological polar surface area (TPSA) is 114 Å². The van der Waals surface area contributed by atoms with Gasteiger partial charge < -0.3 is 25.2 Å². The molecule has 0 heterocycles. The van der Waals surface area contributed by atoms with Gasteiger partial charge in [-0.05, 0) is 32.1 Å². The minimum absolute atomic E-state index is 0.277. The Morgan fingerprint density at radius 3 is 1.15 bits per heavy atom. The molecule has 0 fully saturated rings. The fraction of sp³-hybridized carbons (Fsp3) is 0.925. The SMILES string of the molecule is CCCCCCCCCCCCCCCCOC(=O)NCCCC[C@H](NC(=O)OCCCCCCCCCCCCCCCC)C(=O)O. The van der Waals surface area contributed by atoms with E-state index in [0.29, 0.717) is 32.6 Å². The molecule has 2 amide bonds. The molecule has 0 aromatic carbocycles. The molecule has 48 heavy (non-hydrogen) atoms. The Balaban J connectivity index is 3.57. The van der Waals surface area contributed by atoms with Crippen molar-refractivity contribution < 1.29 is 29.0 Å². The lowest BCUT2D eigenvalue weighted by atomic mass is 10.0. The van der Waals surface area contributed by atoms with E-state index in [1.807, 2.05) is 0 Å². The first-order valence-electron chi connectivity index (χ1n) is 20.6. The van der Waals surface area contributed by atoms with Crippen LogP contribution in [0.15, 0.2) is 0 Å². The van der Waals surface area contributed by atoms with Crippen LogP contribution in [-0.4, -0.2) is 49.1 Å². The van der Waals surface area contributed by atoms with Gasteiger partial charge in [0.05, 0.1) is 13.2 Å². The van der Waals surface area contributed by atoms with Gasteiger partial charge in [-0.15, -0.1) is 0 Å². The van der Waals surface area contributed by atoms with Crippen LogP contribution in [0.3, 0.4) is 0 Å². The van der Waals surface area contributed by atoms with Crippen molar-refractivity contribution in [3.05, 3.63) is 0 Å². The molecule has 0 saturated heterocycles. The van der Waals surface area contributed by atoms with Crippen molar-refractivity contribution in [2.24, 2.45) is 0 Å². The van der Waals surface area contributed by atoms with Crippen molar-refractivity contribution in [3.8, 4) is 0 Å². The molecular formula is C40H78N2O6. The second-order valence-electron chi connectivity index (χ2n) is 13.9. The molecule has 8 heteroatoms. The number of unbranched alkanes of at least 4 members (excludes halogenated alkanes) is 27. The van der Waals surface area contributed by atoms with Crippen LogP contribution < -0.4 is 10.6 Å². The maximum absolute atomic E-state index is 12.1. The van der Waals surface area contributed by atoms with E-state index in [1.165, 1.54) is 148 Å². The smallest absolute Gasteiger partial charge is 0.407 e. The lowest BCUT2D eigenvalue weighted by Crippen LogP contribution is -2.41. The van der Waals surface area contributed by atoms with E-state index in [9.17, 15) is 19.5 Å². The number of carboxylic acid groups (broad SMARTS) is 1. The van der Waals surface area contributed by atoms with Gasteiger partial charge in [0, 0.05) is 6.54 Å². The molecule has 8 nitrogen and oxygen atoms in total. The second-order valence-corrected chi connectivity index (χ2v) is 13.9. The number of hydrogen-bond donors (Lipinski definition) is 3. The summed E-state index contributed by atoms with van der Waals surface area (Å²) >= 11 is 0. The maximum Gasteiger partial charge on any atom is 0.407 e. The van der Waals surface area contributed by atoms with Crippen molar-refractivity contribution in [3.63, 3.8) is 0 Å². The highest BCUT2D eigenvalue weighted by Gasteiger charge is 2.20.